The van der Waals surface area contributed by atoms with E-state index in [-0.39, 0.29) is 17.2 Å². The van der Waals surface area contributed by atoms with Crippen LogP contribution in [0.25, 0.3) is 11.1 Å². The van der Waals surface area contributed by atoms with E-state index >= 15 is 0 Å². The molecule has 1 aliphatic heterocycles. The van der Waals surface area contributed by atoms with E-state index in [4.69, 9.17) is 28.9 Å². The summed E-state index contributed by atoms with van der Waals surface area (Å²) in [5.74, 6) is -1.56. The Bertz CT molecular complexity index is 1120. The molecule has 1 aromatic heterocycles. The highest BCUT2D eigenvalue weighted by Gasteiger charge is 2.56. The molecule has 6 nitrogen and oxygen atoms in total. The molecule has 1 aromatic carbocycles. The van der Waals surface area contributed by atoms with Crippen molar-refractivity contribution in [3.05, 3.63) is 52.3 Å². The Morgan fingerprint density at radius 3 is 2.48 bits per heavy atom. The van der Waals surface area contributed by atoms with Crippen LogP contribution in [0.4, 0.5) is 13.2 Å². The van der Waals surface area contributed by atoms with Gasteiger partial charge in [0, 0.05) is 45.3 Å². The van der Waals surface area contributed by atoms with E-state index < -0.39 is 51.3 Å². The van der Waals surface area contributed by atoms with Crippen LogP contribution in [-0.2, 0) is 20.1 Å². The molecule has 12 heteroatoms. The Balaban J connectivity index is 1.91. The maximum atomic E-state index is 13.8. The Morgan fingerprint density at radius 1 is 1.23 bits per heavy atom. The van der Waals surface area contributed by atoms with E-state index in [1.807, 2.05) is 0 Å². The fraction of sp³-hybridized carbons (Fsp3) is 0.368. The van der Waals surface area contributed by atoms with Gasteiger partial charge in [-0.3, -0.25) is 9.78 Å². The second-order valence-electron chi connectivity index (χ2n) is 7.17. The van der Waals surface area contributed by atoms with Crippen molar-refractivity contribution >= 4 is 38.8 Å². The van der Waals surface area contributed by atoms with Gasteiger partial charge in [-0.05, 0) is 24.6 Å². The number of carbonyl (C=O) groups is 1. The zero-order valence-electron chi connectivity index (χ0n) is 15.9. The highest BCUT2D eigenvalue weighted by atomic mass is 35.5. The number of benzene rings is 1. The first kappa shape index (κ1) is 23.9. The van der Waals surface area contributed by atoms with Gasteiger partial charge in [0.25, 0.3) is 5.91 Å². The number of pyridine rings is 1. The summed E-state index contributed by atoms with van der Waals surface area (Å²) in [6.07, 6.45) is -4.88. The van der Waals surface area contributed by atoms with Gasteiger partial charge in [0.05, 0.1) is 21.5 Å². The molecule has 0 saturated heterocycles. The number of aromatic nitrogens is 1. The van der Waals surface area contributed by atoms with E-state index in [2.05, 4.69) is 9.35 Å². The minimum atomic E-state index is -5.11. The fourth-order valence-corrected chi connectivity index (χ4v) is 5.71. The number of hydrogen-bond donors (Lipinski definition) is 2. The van der Waals surface area contributed by atoms with Crippen LogP contribution in [0.2, 0.25) is 10.0 Å². The van der Waals surface area contributed by atoms with Gasteiger partial charge in [0.1, 0.15) is 0 Å². The standard InChI is InChI=1S/C19H18Cl2F3N3O3S/c20-12-2-3-13(14(21)9-12)11-1-4-16(26-10-11)18(29,19(22,23)24)6-8-31(30)7-5-15(25)17(28)27-31/h1-4,9-10,15,29H,5-8,25H2/t15-,18+,31+/m0/s1. The van der Waals surface area contributed by atoms with Gasteiger partial charge in [-0.1, -0.05) is 35.3 Å². The summed E-state index contributed by atoms with van der Waals surface area (Å²) in [6, 6.07) is 6.09. The molecule has 0 spiro atoms. The van der Waals surface area contributed by atoms with Crippen molar-refractivity contribution in [3.63, 3.8) is 0 Å². The zero-order chi connectivity index (χ0) is 23.0. The first-order chi connectivity index (χ1) is 14.3. The lowest BCUT2D eigenvalue weighted by atomic mass is 9.94. The Labute approximate surface area is 186 Å². The second-order valence-corrected chi connectivity index (χ2v) is 10.6. The minimum Gasteiger partial charge on any atom is -0.375 e. The molecular weight excluding hydrogens is 478 g/mol. The number of alkyl halides is 3. The number of amides is 1. The normalized spacial score (nSPS) is 23.8. The predicted octanol–water partition coefficient (Wildman–Crippen LogP) is 3.92. The number of nitrogens with two attached hydrogens (primary N) is 1. The van der Waals surface area contributed by atoms with Crippen molar-refractivity contribution in [1.82, 2.24) is 4.98 Å². The minimum absolute atomic E-state index is 0.0560. The van der Waals surface area contributed by atoms with Crippen LogP contribution in [0.5, 0.6) is 0 Å². The number of carbonyl (C=O) groups excluding carboxylic acids is 1. The second kappa shape index (κ2) is 8.67. The summed E-state index contributed by atoms with van der Waals surface area (Å²) in [6.45, 7) is 0. The average molecular weight is 496 g/mol. The van der Waals surface area contributed by atoms with Crippen LogP contribution in [0.1, 0.15) is 18.5 Å². The van der Waals surface area contributed by atoms with Crippen LogP contribution in [0, 0.1) is 0 Å². The molecule has 0 radical (unpaired) electrons. The fourth-order valence-electron chi connectivity index (χ4n) is 3.10. The van der Waals surface area contributed by atoms with Crippen LogP contribution in [-0.4, -0.2) is 43.9 Å². The molecule has 3 rings (SSSR count). The maximum absolute atomic E-state index is 13.8. The van der Waals surface area contributed by atoms with Crippen LogP contribution in [0.15, 0.2) is 40.9 Å². The number of aliphatic hydroxyl groups is 1. The van der Waals surface area contributed by atoms with Crippen molar-refractivity contribution in [1.29, 1.82) is 0 Å². The third-order valence-corrected chi connectivity index (χ3v) is 7.78. The number of hydrogen-bond acceptors (Lipinski definition) is 5. The van der Waals surface area contributed by atoms with Gasteiger partial charge in [-0.25, -0.2) is 4.21 Å². The van der Waals surface area contributed by atoms with Crippen LogP contribution < -0.4 is 5.73 Å². The van der Waals surface area contributed by atoms with Crippen molar-refractivity contribution in [2.24, 2.45) is 10.1 Å². The summed E-state index contributed by atoms with van der Waals surface area (Å²) in [5.41, 5.74) is 2.37. The lowest BCUT2D eigenvalue weighted by molar-refractivity contribution is -0.268. The van der Waals surface area contributed by atoms with E-state index in [1.54, 1.807) is 12.1 Å². The third-order valence-electron chi connectivity index (χ3n) is 5.00. The quantitative estimate of drug-likeness (QED) is 0.653. The molecule has 3 N–H and O–H groups in total. The zero-order valence-corrected chi connectivity index (χ0v) is 18.2. The molecule has 31 heavy (non-hydrogen) atoms. The summed E-state index contributed by atoms with van der Waals surface area (Å²) in [5, 5.41) is 11.2. The Morgan fingerprint density at radius 2 is 1.94 bits per heavy atom. The summed E-state index contributed by atoms with van der Waals surface area (Å²) in [7, 11) is -3.26. The summed E-state index contributed by atoms with van der Waals surface area (Å²) >= 11 is 12.0. The van der Waals surface area contributed by atoms with Gasteiger partial charge >= 0.3 is 6.18 Å². The van der Waals surface area contributed by atoms with E-state index in [0.29, 0.717) is 16.1 Å². The highest BCUT2D eigenvalue weighted by Crippen LogP contribution is 2.42. The first-order valence-corrected chi connectivity index (χ1v) is 11.7. The monoisotopic (exact) mass is 495 g/mol. The topological polar surface area (TPSA) is 106 Å². The first-order valence-electron chi connectivity index (χ1n) is 9.08. The maximum Gasteiger partial charge on any atom is 0.423 e. The van der Waals surface area contributed by atoms with Crippen molar-refractivity contribution in [2.75, 3.05) is 11.5 Å². The molecule has 0 bridgehead atoms. The molecule has 2 aromatic rings. The van der Waals surface area contributed by atoms with Crippen LogP contribution in [0.3, 0.4) is 0 Å². The van der Waals surface area contributed by atoms with Gasteiger partial charge in [-0.15, -0.1) is 0 Å². The average Bonchev–Trinajstić information content (AvgIpc) is 2.69. The largest absolute Gasteiger partial charge is 0.423 e. The van der Waals surface area contributed by atoms with Crippen molar-refractivity contribution in [2.45, 2.75) is 30.7 Å². The molecule has 1 aliphatic rings. The molecule has 3 atom stereocenters. The van der Waals surface area contributed by atoms with Gasteiger partial charge in [0.15, 0.2) is 0 Å². The molecule has 0 aliphatic carbocycles. The Hall–Kier alpha value is -1.72. The van der Waals surface area contributed by atoms with Crippen LogP contribution >= 0.6 is 23.2 Å². The lowest BCUT2D eigenvalue weighted by Gasteiger charge is -2.31. The van der Waals surface area contributed by atoms with Gasteiger partial charge in [-0.2, -0.15) is 17.5 Å². The van der Waals surface area contributed by atoms with E-state index in [0.717, 1.165) is 12.3 Å². The van der Waals surface area contributed by atoms with E-state index in [9.17, 15) is 27.3 Å². The van der Waals surface area contributed by atoms with Crippen molar-refractivity contribution < 1.29 is 27.3 Å². The van der Waals surface area contributed by atoms with Gasteiger partial charge < -0.3 is 10.8 Å². The summed E-state index contributed by atoms with van der Waals surface area (Å²) < 4.78 is 57.6. The molecule has 1 amide bonds. The molecule has 0 fully saturated rings. The lowest BCUT2D eigenvalue weighted by Crippen LogP contribution is -2.45. The summed E-state index contributed by atoms with van der Waals surface area (Å²) in [4.78, 5) is 15.4. The number of nitrogens with zero attached hydrogens (tertiary/aromatic N) is 2. The molecule has 168 valence electrons. The highest BCUT2D eigenvalue weighted by molar-refractivity contribution is 7.93. The molecule has 2 heterocycles. The predicted molar refractivity (Wildman–Crippen MR) is 112 cm³/mol. The SMILES string of the molecule is N[C@H]1CC[S@@](=O)(CC[C@@](O)(c2ccc(-c3ccc(Cl)cc3Cl)cn2)C(F)(F)F)=NC1=O. The van der Waals surface area contributed by atoms with Gasteiger partial charge in [0.2, 0.25) is 5.60 Å². The smallest absolute Gasteiger partial charge is 0.375 e. The number of halogens is 5. The molecule has 0 unspecified atom stereocenters. The van der Waals surface area contributed by atoms with E-state index in [1.165, 1.54) is 12.1 Å². The Kier molecular flexibility index (Phi) is 6.69. The molecule has 0 saturated carbocycles. The van der Waals surface area contributed by atoms with Crippen molar-refractivity contribution in [3.8, 4) is 11.1 Å². The molecular formula is C19H18Cl2F3N3O3S. The third kappa shape index (κ3) is 5.04. The number of rotatable bonds is 5.